The molecule has 1 aliphatic rings. The first-order valence-electron chi connectivity index (χ1n) is 2.37. The third-order valence-corrected chi connectivity index (χ3v) is 2.08. The molecule has 0 N–H and O–H groups in total. The summed E-state index contributed by atoms with van der Waals surface area (Å²) in [5.41, 5.74) is 0. The summed E-state index contributed by atoms with van der Waals surface area (Å²) in [4.78, 5) is 10.7. The Balaban J connectivity index is 3.15. The topological polar surface area (TPSA) is 26.3 Å². The van der Waals surface area contributed by atoms with Crippen molar-refractivity contribution < 1.29 is 9.53 Å². The van der Waals surface area contributed by atoms with Crippen LogP contribution in [0.3, 0.4) is 0 Å². The van der Waals surface area contributed by atoms with E-state index in [1.165, 1.54) is 0 Å². The predicted molar refractivity (Wildman–Crippen MR) is 43.6 cm³/mol. The number of ether oxygens (including phenoxy) is 1. The van der Waals surface area contributed by atoms with E-state index in [1.807, 2.05) is 0 Å². The Bertz CT molecular complexity index is 274. The maximum absolute atomic E-state index is 10.7. The first-order valence-corrected chi connectivity index (χ1v) is 3.88. The minimum absolute atomic E-state index is 0.0586. The minimum atomic E-state index is -0.745. The van der Waals surface area contributed by atoms with Crippen molar-refractivity contribution >= 4 is 52.4 Å². The van der Waals surface area contributed by atoms with Gasteiger partial charge in [0.25, 0.3) is 0 Å². The molecule has 0 amide bonds. The third-order valence-electron chi connectivity index (χ3n) is 0.938. The smallest absolute Gasteiger partial charge is 0.356 e. The number of carbonyl (C=O) groups excluding carboxylic acids is 1. The van der Waals surface area contributed by atoms with Gasteiger partial charge in [-0.2, -0.15) is 0 Å². The molecular weight excluding hydrogens is 234 g/mol. The molecule has 0 aromatic carbocycles. The fraction of sp³-hybridized carbons (Fsp3) is 0. The Hall–Kier alpha value is 0.110. The molecule has 1 heterocycles. The second kappa shape index (κ2) is 3.23. The van der Waals surface area contributed by atoms with E-state index in [0.29, 0.717) is 0 Å². The summed E-state index contributed by atoms with van der Waals surface area (Å²) < 4.78 is 4.26. The molecule has 11 heavy (non-hydrogen) atoms. The first-order chi connectivity index (χ1) is 5.04. The SMILES string of the molecule is O=C1OC(=C(Cl)Cl)C(Cl)=C1Cl. The van der Waals surface area contributed by atoms with E-state index in [0.717, 1.165) is 0 Å². The molecule has 0 fully saturated rings. The van der Waals surface area contributed by atoms with Gasteiger partial charge in [0.15, 0.2) is 10.3 Å². The Morgan fingerprint density at radius 3 is 1.91 bits per heavy atom. The van der Waals surface area contributed by atoms with Crippen LogP contribution in [-0.4, -0.2) is 5.97 Å². The molecule has 0 aromatic rings. The third kappa shape index (κ3) is 1.64. The molecule has 6 heteroatoms. The number of allylic oxidation sites excluding steroid dienone is 1. The van der Waals surface area contributed by atoms with Crippen LogP contribution in [0.4, 0.5) is 0 Å². The van der Waals surface area contributed by atoms with Crippen LogP contribution in [0.1, 0.15) is 0 Å². The number of hydrogen-bond acceptors (Lipinski definition) is 2. The molecule has 0 aliphatic carbocycles. The van der Waals surface area contributed by atoms with E-state index in [4.69, 9.17) is 46.4 Å². The van der Waals surface area contributed by atoms with Crippen LogP contribution in [0.15, 0.2) is 20.3 Å². The molecule has 0 spiro atoms. The lowest BCUT2D eigenvalue weighted by Crippen LogP contribution is -1.93. The van der Waals surface area contributed by atoms with Crippen molar-refractivity contribution in [1.82, 2.24) is 0 Å². The first kappa shape index (κ1) is 9.20. The molecule has 0 atom stereocenters. The normalized spacial score (nSPS) is 17.5. The largest absolute Gasteiger partial charge is 0.418 e. The van der Waals surface area contributed by atoms with Gasteiger partial charge in [0, 0.05) is 0 Å². The van der Waals surface area contributed by atoms with Gasteiger partial charge in [-0.25, -0.2) is 4.79 Å². The standard InChI is InChI=1S/C5Cl4O2/c6-1-2(7)5(10)11-3(1)4(8)9. The second-order valence-corrected chi connectivity index (χ2v) is 3.31. The lowest BCUT2D eigenvalue weighted by Gasteiger charge is -1.94. The van der Waals surface area contributed by atoms with Crippen molar-refractivity contribution in [1.29, 1.82) is 0 Å². The summed E-state index contributed by atoms with van der Waals surface area (Å²) in [5, 5.41) is -0.267. The van der Waals surface area contributed by atoms with Crippen molar-refractivity contribution in [2.75, 3.05) is 0 Å². The van der Waals surface area contributed by atoms with Crippen LogP contribution >= 0.6 is 46.4 Å². The summed E-state index contributed by atoms with van der Waals surface area (Å²) >= 11 is 21.5. The maximum atomic E-state index is 10.7. The fourth-order valence-electron chi connectivity index (χ4n) is 0.493. The minimum Gasteiger partial charge on any atom is -0.418 e. The highest BCUT2D eigenvalue weighted by molar-refractivity contribution is 6.58. The molecular formula is C5Cl4O2. The van der Waals surface area contributed by atoms with Gasteiger partial charge < -0.3 is 4.74 Å². The van der Waals surface area contributed by atoms with Gasteiger partial charge in [0.1, 0.15) is 10.1 Å². The molecule has 0 saturated heterocycles. The van der Waals surface area contributed by atoms with Crippen molar-refractivity contribution in [3.63, 3.8) is 0 Å². The van der Waals surface area contributed by atoms with E-state index in [-0.39, 0.29) is 20.3 Å². The Morgan fingerprint density at radius 1 is 1.18 bits per heavy atom. The average molecular weight is 234 g/mol. The zero-order valence-electron chi connectivity index (χ0n) is 4.83. The van der Waals surface area contributed by atoms with Gasteiger partial charge in [-0.05, 0) is 0 Å². The van der Waals surface area contributed by atoms with Gasteiger partial charge in [-0.15, -0.1) is 0 Å². The van der Waals surface area contributed by atoms with Gasteiger partial charge >= 0.3 is 5.97 Å². The second-order valence-electron chi connectivity index (χ2n) is 1.61. The zero-order valence-corrected chi connectivity index (χ0v) is 7.85. The van der Waals surface area contributed by atoms with Gasteiger partial charge in [0.05, 0.1) is 0 Å². The number of cyclic esters (lactones) is 1. The van der Waals surface area contributed by atoms with Crippen molar-refractivity contribution in [2.45, 2.75) is 0 Å². The van der Waals surface area contributed by atoms with E-state index in [2.05, 4.69) is 4.74 Å². The molecule has 0 radical (unpaired) electrons. The average Bonchev–Trinajstić information content (AvgIpc) is 2.17. The lowest BCUT2D eigenvalue weighted by atomic mass is 10.5. The molecule has 1 rings (SSSR count). The van der Waals surface area contributed by atoms with Gasteiger partial charge in [-0.1, -0.05) is 46.4 Å². The molecule has 2 nitrogen and oxygen atoms in total. The van der Waals surface area contributed by atoms with Crippen LogP contribution in [0, 0.1) is 0 Å². The lowest BCUT2D eigenvalue weighted by molar-refractivity contribution is -0.132. The molecule has 0 saturated carbocycles. The van der Waals surface area contributed by atoms with E-state index in [1.54, 1.807) is 0 Å². The maximum Gasteiger partial charge on any atom is 0.356 e. The van der Waals surface area contributed by atoms with E-state index >= 15 is 0 Å². The van der Waals surface area contributed by atoms with Gasteiger partial charge in [-0.3, -0.25) is 0 Å². The zero-order chi connectivity index (χ0) is 8.59. The number of esters is 1. The Labute approximate surface area is 82.3 Å². The predicted octanol–water partition coefficient (Wildman–Crippen LogP) is 2.88. The van der Waals surface area contributed by atoms with Crippen LogP contribution in [0.25, 0.3) is 0 Å². The van der Waals surface area contributed by atoms with Crippen molar-refractivity contribution in [3.05, 3.63) is 20.3 Å². The summed E-state index contributed by atoms with van der Waals surface area (Å²) in [5.74, 6) is -0.838. The molecule has 1 aliphatic heterocycles. The van der Waals surface area contributed by atoms with Crippen LogP contribution in [-0.2, 0) is 9.53 Å². The monoisotopic (exact) mass is 232 g/mol. The van der Waals surface area contributed by atoms with Gasteiger partial charge in [0.2, 0.25) is 0 Å². The summed E-state index contributed by atoms with van der Waals surface area (Å²) in [6.07, 6.45) is 0. The number of halogens is 4. The number of hydrogen-bond donors (Lipinski definition) is 0. The molecule has 60 valence electrons. The van der Waals surface area contributed by atoms with Crippen molar-refractivity contribution in [3.8, 4) is 0 Å². The van der Waals surface area contributed by atoms with Crippen molar-refractivity contribution in [2.24, 2.45) is 0 Å². The Kier molecular flexibility index (Phi) is 2.70. The fourth-order valence-corrected chi connectivity index (χ4v) is 1.19. The molecule has 0 aromatic heterocycles. The molecule has 0 bridgehead atoms. The summed E-state index contributed by atoms with van der Waals surface area (Å²) in [7, 11) is 0. The van der Waals surface area contributed by atoms with Crippen LogP contribution in [0.5, 0.6) is 0 Å². The van der Waals surface area contributed by atoms with Crippen LogP contribution < -0.4 is 0 Å². The van der Waals surface area contributed by atoms with Crippen LogP contribution in [0.2, 0.25) is 0 Å². The number of carbonyl (C=O) groups is 1. The van der Waals surface area contributed by atoms with E-state index in [9.17, 15) is 4.79 Å². The van der Waals surface area contributed by atoms with E-state index < -0.39 is 5.97 Å². The highest BCUT2D eigenvalue weighted by atomic mass is 35.5. The molecule has 0 unspecified atom stereocenters. The summed E-state index contributed by atoms with van der Waals surface area (Å²) in [6, 6.07) is 0. The number of rotatable bonds is 0. The highest BCUT2D eigenvalue weighted by Gasteiger charge is 2.29. The quantitative estimate of drug-likeness (QED) is 0.602. The summed E-state index contributed by atoms with van der Waals surface area (Å²) in [6.45, 7) is 0. The highest BCUT2D eigenvalue weighted by Crippen LogP contribution is 2.35. The Morgan fingerprint density at radius 2 is 1.73 bits per heavy atom.